The Morgan fingerprint density at radius 2 is 0.582 bits per heavy atom. The molecule has 0 radical (unpaired) electrons. The van der Waals surface area contributed by atoms with Crippen molar-refractivity contribution in [3.63, 3.8) is 0 Å². The van der Waals surface area contributed by atoms with Crippen molar-refractivity contribution in [1.29, 1.82) is 0 Å². The van der Waals surface area contributed by atoms with Crippen LogP contribution in [0.3, 0.4) is 0 Å². The highest BCUT2D eigenvalue weighted by Gasteiger charge is 2.30. The summed E-state index contributed by atoms with van der Waals surface area (Å²) in [5.41, 5.74) is 0. The van der Waals surface area contributed by atoms with Crippen LogP contribution in [0.1, 0.15) is 285 Å². The maximum Gasteiger partial charge on any atom is 0.472 e. The lowest BCUT2D eigenvalue weighted by molar-refractivity contribution is -0.161. The van der Waals surface area contributed by atoms with Crippen molar-refractivity contribution in [1.82, 2.24) is 0 Å². The van der Waals surface area contributed by atoms with Gasteiger partial charge in [-0.2, -0.15) is 0 Å². The fourth-order valence-corrected chi connectivity index (χ4v) is 11.1. The molecular formula is C79H132O17P2. The van der Waals surface area contributed by atoms with E-state index in [-0.39, 0.29) is 25.7 Å². The van der Waals surface area contributed by atoms with Gasteiger partial charge >= 0.3 is 39.5 Å². The summed E-state index contributed by atoms with van der Waals surface area (Å²) in [4.78, 5) is 72.6. The van der Waals surface area contributed by atoms with Crippen LogP contribution in [-0.4, -0.2) is 96.7 Å². The quantitative estimate of drug-likeness (QED) is 0.0169. The molecule has 0 aromatic heterocycles. The molecule has 0 aromatic rings. The minimum Gasteiger partial charge on any atom is -0.462 e. The fourth-order valence-electron chi connectivity index (χ4n) is 9.54. The van der Waals surface area contributed by atoms with Crippen LogP contribution in [0.15, 0.2) is 134 Å². The molecule has 5 unspecified atom stereocenters. The van der Waals surface area contributed by atoms with E-state index in [1.165, 1.54) is 96.3 Å². The Kier molecular flexibility index (Phi) is 67.2. The van der Waals surface area contributed by atoms with Crippen molar-refractivity contribution in [2.75, 3.05) is 39.6 Å². The van der Waals surface area contributed by atoms with Crippen LogP contribution < -0.4 is 0 Å². The van der Waals surface area contributed by atoms with E-state index < -0.39 is 97.5 Å². The fraction of sp³-hybridized carbons (Fsp3) is 0.671. The molecule has 560 valence electrons. The average Bonchev–Trinajstić information content (AvgIpc) is 1.04. The summed E-state index contributed by atoms with van der Waals surface area (Å²) in [5.74, 6) is -2.48. The number of hydrogen-bond donors (Lipinski definition) is 3. The Hall–Kier alpha value is -4.80. The van der Waals surface area contributed by atoms with E-state index in [2.05, 4.69) is 113 Å². The van der Waals surface area contributed by atoms with E-state index in [1.807, 2.05) is 30.4 Å². The van der Waals surface area contributed by atoms with Gasteiger partial charge in [-0.05, 0) is 103 Å². The summed E-state index contributed by atoms with van der Waals surface area (Å²) in [6.45, 7) is 4.38. The molecule has 17 nitrogen and oxygen atoms in total. The molecule has 0 spiro atoms. The lowest BCUT2D eigenvalue weighted by Crippen LogP contribution is -2.30. The van der Waals surface area contributed by atoms with Gasteiger partial charge in [-0.3, -0.25) is 37.3 Å². The van der Waals surface area contributed by atoms with Crippen LogP contribution in [0, 0.1) is 0 Å². The Balaban J connectivity index is 5.48. The second kappa shape index (κ2) is 70.6. The second-order valence-corrected chi connectivity index (χ2v) is 27.4. The molecule has 3 N–H and O–H groups in total. The predicted molar refractivity (Wildman–Crippen MR) is 399 cm³/mol. The van der Waals surface area contributed by atoms with Crippen LogP contribution >= 0.6 is 15.6 Å². The van der Waals surface area contributed by atoms with Gasteiger partial charge in [-0.15, -0.1) is 0 Å². The third kappa shape index (κ3) is 69.7. The number of carbonyl (C=O) groups is 4. The minimum atomic E-state index is -5.02. The SMILES string of the molecule is CC/C=C\C/C=C\C/C=C\C/C=C\C/C=C\CC(=O)OCC(COP(=O)(O)OCC(O)COP(=O)(O)OCC(COC(=O)CCCCCCCCCCCCCCCCC)OC(=O)CCCCCCC/C=C\CCCCCC)OC(=O)C/C=C\C/C=C\C/C=C\C/C=C\C/C=C\CC. The van der Waals surface area contributed by atoms with Gasteiger partial charge in [0.2, 0.25) is 0 Å². The third-order valence-corrected chi connectivity index (χ3v) is 17.1. The summed E-state index contributed by atoms with van der Waals surface area (Å²) in [6, 6.07) is 0. The summed E-state index contributed by atoms with van der Waals surface area (Å²) in [7, 11) is -10.0. The standard InChI is InChI=1S/C79H132O17P2/c1-5-9-13-17-21-25-29-33-36-40-43-47-51-55-59-63-76(81)89-69-74(95-78(83)65-61-57-53-49-45-39-32-28-24-20-16-12-8-4)71-93-97(85,86)91-67-73(80)68-92-98(87,88)94-72-75(96-79(84)66-62-58-54-50-46-42-38-35-31-27-23-19-15-11-7-3)70-90-77(82)64-60-56-52-48-44-41-37-34-30-26-22-18-14-10-6-2/h10-11,14-15,22-23,26-28,32,34-35,37-38,44,46,48,50,56,58,60,62,73-75,80H,5-9,12-13,16-21,24-25,29-31,33,36,39-43,45,47,49,51-55,57,59,61,63-72H2,1-4H3,(H,85,86)(H,87,88)/b14-10-,15-11-,26-22-,27-23-,32-28-,37-34-,38-35-,48-44-,50-46-,60-56-,62-58-. The number of phosphoric acid groups is 2. The predicted octanol–water partition coefficient (Wildman–Crippen LogP) is 21.3. The number of rotatable bonds is 69. The zero-order valence-electron chi connectivity index (χ0n) is 60.9. The van der Waals surface area contributed by atoms with Crippen molar-refractivity contribution >= 4 is 39.5 Å². The molecule has 0 saturated carbocycles. The Labute approximate surface area is 593 Å². The summed E-state index contributed by atoms with van der Waals surface area (Å²) in [5, 5.41) is 10.6. The molecule has 0 rings (SSSR count). The number of esters is 4. The summed E-state index contributed by atoms with van der Waals surface area (Å²) in [6.07, 6.45) is 78.0. The van der Waals surface area contributed by atoms with E-state index in [4.69, 9.17) is 37.0 Å². The van der Waals surface area contributed by atoms with Crippen molar-refractivity contribution in [2.45, 2.75) is 303 Å². The van der Waals surface area contributed by atoms with E-state index in [0.29, 0.717) is 25.7 Å². The van der Waals surface area contributed by atoms with Crippen molar-refractivity contribution in [3.8, 4) is 0 Å². The lowest BCUT2D eigenvalue weighted by atomic mass is 10.0. The molecule has 0 heterocycles. The lowest BCUT2D eigenvalue weighted by Gasteiger charge is -2.21. The van der Waals surface area contributed by atoms with Gasteiger partial charge in [-0.1, -0.05) is 290 Å². The number of allylic oxidation sites excluding steroid dienone is 20. The monoisotopic (exact) mass is 1410 g/mol. The van der Waals surface area contributed by atoms with Crippen LogP contribution in [0.2, 0.25) is 0 Å². The highest BCUT2D eigenvalue weighted by atomic mass is 31.2. The maximum atomic E-state index is 13.1. The minimum absolute atomic E-state index is 0.0800. The number of aliphatic hydroxyl groups is 1. The molecule has 0 aliphatic heterocycles. The molecule has 0 aromatic carbocycles. The zero-order valence-corrected chi connectivity index (χ0v) is 62.7. The van der Waals surface area contributed by atoms with Crippen molar-refractivity contribution in [3.05, 3.63) is 134 Å². The molecule has 0 amide bonds. The van der Waals surface area contributed by atoms with Gasteiger partial charge in [0.05, 0.1) is 39.3 Å². The summed E-state index contributed by atoms with van der Waals surface area (Å²) >= 11 is 0. The Morgan fingerprint density at radius 1 is 0.306 bits per heavy atom. The number of hydrogen-bond acceptors (Lipinski definition) is 15. The molecule has 19 heteroatoms. The molecule has 0 bridgehead atoms. The van der Waals surface area contributed by atoms with Crippen molar-refractivity contribution < 1.29 is 80.2 Å². The zero-order chi connectivity index (χ0) is 71.8. The highest BCUT2D eigenvalue weighted by Crippen LogP contribution is 2.45. The normalized spacial score (nSPS) is 14.7. The first-order valence-electron chi connectivity index (χ1n) is 37.4. The topological polar surface area (TPSA) is 237 Å². The largest absolute Gasteiger partial charge is 0.472 e. The molecule has 0 aliphatic rings. The number of ether oxygens (including phenoxy) is 4. The van der Waals surface area contributed by atoms with Crippen LogP contribution in [0.4, 0.5) is 0 Å². The third-order valence-electron chi connectivity index (χ3n) is 15.2. The first kappa shape index (κ1) is 93.2. The number of aliphatic hydroxyl groups excluding tert-OH is 1. The average molecular weight is 1420 g/mol. The van der Waals surface area contributed by atoms with Gasteiger partial charge < -0.3 is 33.8 Å². The molecule has 5 atom stereocenters. The number of carbonyl (C=O) groups excluding carboxylic acids is 4. The molecule has 98 heavy (non-hydrogen) atoms. The second-order valence-electron chi connectivity index (χ2n) is 24.5. The van der Waals surface area contributed by atoms with Gasteiger partial charge in [-0.25, -0.2) is 9.13 Å². The molecule has 0 aliphatic carbocycles. The van der Waals surface area contributed by atoms with Crippen LogP contribution in [-0.2, 0) is 65.4 Å². The van der Waals surface area contributed by atoms with E-state index in [1.54, 1.807) is 18.2 Å². The summed E-state index contributed by atoms with van der Waals surface area (Å²) < 4.78 is 68.1. The Bertz CT molecular complexity index is 2380. The molecule has 0 saturated heterocycles. The Morgan fingerprint density at radius 3 is 0.949 bits per heavy atom. The smallest absolute Gasteiger partial charge is 0.462 e. The maximum absolute atomic E-state index is 13.1. The van der Waals surface area contributed by atoms with E-state index >= 15 is 0 Å². The number of phosphoric ester groups is 2. The molecular weight excluding hydrogens is 1280 g/mol. The van der Waals surface area contributed by atoms with Crippen LogP contribution in [0.5, 0.6) is 0 Å². The van der Waals surface area contributed by atoms with Crippen LogP contribution in [0.25, 0.3) is 0 Å². The molecule has 0 fully saturated rings. The van der Waals surface area contributed by atoms with E-state index in [9.17, 15) is 43.2 Å². The van der Waals surface area contributed by atoms with Gasteiger partial charge in [0.25, 0.3) is 0 Å². The van der Waals surface area contributed by atoms with Gasteiger partial charge in [0, 0.05) is 12.8 Å². The van der Waals surface area contributed by atoms with E-state index in [0.717, 1.165) is 109 Å². The first-order valence-corrected chi connectivity index (χ1v) is 40.4. The van der Waals surface area contributed by atoms with Gasteiger partial charge in [0.15, 0.2) is 12.2 Å². The van der Waals surface area contributed by atoms with Crippen molar-refractivity contribution in [2.24, 2.45) is 0 Å². The van der Waals surface area contributed by atoms with Gasteiger partial charge in [0.1, 0.15) is 19.3 Å². The first-order chi connectivity index (χ1) is 47.7. The number of unbranched alkanes of at least 4 members (excludes halogenated alkanes) is 23. The highest BCUT2D eigenvalue weighted by molar-refractivity contribution is 7.47.